The van der Waals surface area contributed by atoms with Crippen LogP contribution in [0.25, 0.3) is 11.3 Å². The molecule has 1 N–H and O–H groups in total. The first kappa shape index (κ1) is 31.7. The maximum atomic E-state index is 11.6. The molecule has 2 aliphatic heterocycles. The second-order valence-electron chi connectivity index (χ2n) is 12.4. The van der Waals surface area contributed by atoms with Crippen LogP contribution in [0.3, 0.4) is 0 Å². The number of nitrogens with zero attached hydrogens (tertiary/aromatic N) is 6. The van der Waals surface area contributed by atoms with Gasteiger partial charge in [0.2, 0.25) is 11.8 Å². The van der Waals surface area contributed by atoms with E-state index in [2.05, 4.69) is 30.7 Å². The zero-order valence-corrected chi connectivity index (χ0v) is 26.9. The minimum Gasteiger partial charge on any atom is -0.481 e. The molecule has 2 saturated heterocycles. The molecule has 3 aromatic rings. The number of carboxylic acids is 1. The molecule has 1 saturated carbocycles. The predicted molar refractivity (Wildman–Crippen MR) is 173 cm³/mol. The molecule has 3 atom stereocenters. The van der Waals surface area contributed by atoms with Crippen molar-refractivity contribution in [2.24, 2.45) is 17.8 Å². The van der Waals surface area contributed by atoms with Gasteiger partial charge < -0.3 is 19.5 Å². The quantitative estimate of drug-likeness (QED) is 0.278. The van der Waals surface area contributed by atoms with Gasteiger partial charge in [0.1, 0.15) is 5.78 Å². The van der Waals surface area contributed by atoms with Crippen LogP contribution in [0.1, 0.15) is 38.2 Å². The molecule has 1 aromatic carbocycles. The molecule has 1 aliphatic carbocycles. The number of carbonyl (C=O) groups excluding carboxylic acids is 1. The lowest BCUT2D eigenvalue weighted by atomic mass is 10.1. The predicted octanol–water partition coefficient (Wildman–Crippen LogP) is 5.67. The summed E-state index contributed by atoms with van der Waals surface area (Å²) in [7, 11) is 0. The molecule has 0 radical (unpaired) electrons. The number of carboxylic acid groups (broad SMARTS) is 1. The fourth-order valence-electron chi connectivity index (χ4n) is 6.83. The number of fused-ring (bicyclic) bond motifs is 1. The van der Waals surface area contributed by atoms with Crippen LogP contribution < -0.4 is 9.64 Å². The van der Waals surface area contributed by atoms with Crippen LogP contribution in [0.2, 0.25) is 10.0 Å². The lowest BCUT2D eigenvalue weighted by Crippen LogP contribution is -2.47. The van der Waals surface area contributed by atoms with Gasteiger partial charge >= 0.3 is 5.97 Å². The van der Waals surface area contributed by atoms with Crippen molar-refractivity contribution in [2.45, 2.75) is 39.2 Å². The molecule has 10 nitrogen and oxygen atoms in total. The average Bonchev–Trinajstić information content (AvgIpc) is 3.71. The molecule has 0 spiro atoms. The Morgan fingerprint density at radius 2 is 1.58 bits per heavy atom. The lowest BCUT2D eigenvalue weighted by molar-refractivity contribution is -0.137. The van der Waals surface area contributed by atoms with Gasteiger partial charge in [0.25, 0.3) is 0 Å². The number of rotatable bonds is 11. The summed E-state index contributed by atoms with van der Waals surface area (Å²) in [5, 5.41) is 10.0. The smallest absolute Gasteiger partial charge is 0.304 e. The summed E-state index contributed by atoms with van der Waals surface area (Å²) in [5.41, 5.74) is 2.59. The average molecular weight is 654 g/mol. The lowest BCUT2D eigenvalue weighted by Gasteiger charge is -2.34. The van der Waals surface area contributed by atoms with E-state index in [1.165, 1.54) is 0 Å². The number of aliphatic carboxylic acids is 1. The second-order valence-corrected chi connectivity index (χ2v) is 13.3. The van der Waals surface area contributed by atoms with Crippen molar-refractivity contribution < 1.29 is 19.4 Å². The summed E-state index contributed by atoms with van der Waals surface area (Å²) in [6, 6.07) is 9.41. The maximum absolute atomic E-state index is 11.6. The van der Waals surface area contributed by atoms with Gasteiger partial charge in [0.05, 0.1) is 24.5 Å². The van der Waals surface area contributed by atoms with Gasteiger partial charge in [-0.1, -0.05) is 23.2 Å². The van der Waals surface area contributed by atoms with Gasteiger partial charge in [0, 0.05) is 67.4 Å². The Balaban J connectivity index is 1.14. The van der Waals surface area contributed by atoms with Crippen LogP contribution in [0.15, 0.2) is 42.7 Å². The van der Waals surface area contributed by atoms with Crippen LogP contribution in [0.4, 0.5) is 5.95 Å². The van der Waals surface area contributed by atoms with E-state index in [0.29, 0.717) is 63.4 Å². The number of benzene rings is 1. The van der Waals surface area contributed by atoms with Crippen molar-refractivity contribution in [1.82, 2.24) is 24.8 Å². The molecule has 1 unspecified atom stereocenters. The summed E-state index contributed by atoms with van der Waals surface area (Å²) in [4.78, 5) is 43.1. The third-order valence-corrected chi connectivity index (χ3v) is 9.59. The Labute approximate surface area is 273 Å². The summed E-state index contributed by atoms with van der Waals surface area (Å²) in [5.74, 6) is 2.96. The summed E-state index contributed by atoms with van der Waals surface area (Å²) >= 11 is 12.7. The standard InChI is InChI=1S/C33H38Cl2N6O4/c1-21(42)12-29-27-2-5-40(6-3-28(27)29)20-22-13-30(23-15-24(34)17-25(35)16-23)38-31(14-22)45-26-18-36-33(37-19-26)41-10-8-39(9-11-41)7-4-32(43)44/h13-19,27-29H,2-12,20H2,1H3,(H,43,44)/t27-,28+,29?. The van der Waals surface area contributed by atoms with Gasteiger partial charge in [-0.05, 0) is 80.4 Å². The molecule has 2 aromatic heterocycles. The third-order valence-electron chi connectivity index (χ3n) is 9.15. The molecule has 3 fully saturated rings. The number of pyridine rings is 1. The van der Waals surface area contributed by atoms with E-state index in [-0.39, 0.29) is 6.42 Å². The van der Waals surface area contributed by atoms with Crippen molar-refractivity contribution in [1.29, 1.82) is 0 Å². The number of ether oxygens (including phenoxy) is 1. The number of carbonyl (C=O) groups is 2. The number of piperazine rings is 1. The van der Waals surface area contributed by atoms with E-state index in [1.54, 1.807) is 25.4 Å². The highest BCUT2D eigenvalue weighted by molar-refractivity contribution is 6.35. The van der Waals surface area contributed by atoms with Crippen LogP contribution in [0, 0.1) is 17.8 Å². The van der Waals surface area contributed by atoms with E-state index in [4.69, 9.17) is 38.0 Å². The van der Waals surface area contributed by atoms with Crippen LogP contribution >= 0.6 is 23.2 Å². The topological polar surface area (TPSA) is 112 Å². The minimum atomic E-state index is -0.779. The highest BCUT2D eigenvalue weighted by Gasteiger charge is 2.50. The van der Waals surface area contributed by atoms with E-state index in [1.807, 2.05) is 18.2 Å². The Morgan fingerprint density at radius 1 is 0.911 bits per heavy atom. The third kappa shape index (κ3) is 8.30. The molecular formula is C33H38Cl2N6O4. The minimum absolute atomic E-state index is 0.144. The van der Waals surface area contributed by atoms with Gasteiger partial charge in [-0.15, -0.1) is 0 Å². The highest BCUT2D eigenvalue weighted by Crippen LogP contribution is 2.54. The number of likely N-dealkylation sites (tertiary alicyclic amines) is 1. The van der Waals surface area contributed by atoms with Crippen molar-refractivity contribution in [3.8, 4) is 22.9 Å². The fraction of sp³-hybridized carbons (Fsp3) is 0.485. The Bertz CT molecular complexity index is 1500. The zero-order valence-electron chi connectivity index (χ0n) is 25.4. The van der Waals surface area contributed by atoms with Crippen LogP contribution in [-0.2, 0) is 16.1 Å². The molecule has 3 aliphatic rings. The molecule has 0 amide bonds. The summed E-state index contributed by atoms with van der Waals surface area (Å²) < 4.78 is 6.21. The van der Waals surface area contributed by atoms with Crippen molar-refractivity contribution in [2.75, 3.05) is 50.7 Å². The normalized spacial score (nSPS) is 22.0. The van der Waals surface area contributed by atoms with E-state index in [9.17, 15) is 9.59 Å². The van der Waals surface area contributed by atoms with Gasteiger partial charge in [0.15, 0.2) is 5.75 Å². The number of Topliss-reactive ketones (excluding diaryl/α,β-unsaturated/α-hetero) is 1. The molecule has 4 heterocycles. The second kappa shape index (κ2) is 14.0. The largest absolute Gasteiger partial charge is 0.481 e. The molecular weight excluding hydrogens is 615 g/mol. The van der Waals surface area contributed by atoms with Gasteiger partial charge in [-0.25, -0.2) is 15.0 Å². The molecule has 12 heteroatoms. The number of hydrogen-bond acceptors (Lipinski definition) is 9. The number of ketones is 1. The number of anilines is 1. The molecule has 0 bridgehead atoms. The number of hydrogen-bond donors (Lipinski definition) is 1. The fourth-order valence-corrected chi connectivity index (χ4v) is 7.36. The monoisotopic (exact) mass is 652 g/mol. The van der Waals surface area contributed by atoms with Crippen molar-refractivity contribution in [3.05, 3.63) is 58.3 Å². The Hall–Kier alpha value is -3.31. The first-order valence-electron chi connectivity index (χ1n) is 15.6. The van der Waals surface area contributed by atoms with E-state index in [0.717, 1.165) is 76.2 Å². The van der Waals surface area contributed by atoms with Gasteiger partial charge in [-0.3, -0.25) is 14.6 Å². The number of halogens is 2. The van der Waals surface area contributed by atoms with Crippen LogP contribution in [0.5, 0.6) is 11.6 Å². The van der Waals surface area contributed by atoms with Gasteiger partial charge in [-0.2, -0.15) is 0 Å². The summed E-state index contributed by atoms with van der Waals surface area (Å²) in [6.45, 7) is 7.98. The molecule has 45 heavy (non-hydrogen) atoms. The van der Waals surface area contributed by atoms with E-state index < -0.39 is 5.97 Å². The number of aromatic nitrogens is 3. The first-order valence-corrected chi connectivity index (χ1v) is 16.3. The maximum Gasteiger partial charge on any atom is 0.304 e. The summed E-state index contributed by atoms with van der Waals surface area (Å²) in [6.07, 6.45) is 6.42. The highest BCUT2D eigenvalue weighted by atomic mass is 35.5. The molecule has 6 rings (SSSR count). The Morgan fingerprint density at radius 3 is 2.20 bits per heavy atom. The molecule has 238 valence electrons. The Kier molecular flexibility index (Phi) is 9.84. The van der Waals surface area contributed by atoms with Crippen molar-refractivity contribution in [3.63, 3.8) is 0 Å². The first-order chi connectivity index (χ1) is 21.7. The van der Waals surface area contributed by atoms with E-state index >= 15 is 0 Å². The SMILES string of the molecule is CC(=O)CC1[C@H]2CCN(Cc3cc(Oc4cnc(N5CCN(CCC(=O)O)CC5)nc4)nc(-c4cc(Cl)cc(Cl)c4)c3)CC[C@@H]12. The van der Waals surface area contributed by atoms with Crippen molar-refractivity contribution >= 4 is 40.9 Å². The van der Waals surface area contributed by atoms with Crippen LogP contribution in [-0.4, -0.2) is 87.4 Å². The zero-order chi connectivity index (χ0) is 31.5.